The Kier molecular flexibility index (Phi) is 7.60. The van der Waals surface area contributed by atoms with Crippen LogP contribution < -0.4 is 15.6 Å². The van der Waals surface area contributed by atoms with Gasteiger partial charge in [-0.3, -0.25) is 14.0 Å². The number of aryl methyl sites for hydroxylation is 1. The Bertz CT molecular complexity index is 2020. The summed E-state index contributed by atoms with van der Waals surface area (Å²) in [5.41, 5.74) is 5.32. The first-order valence-electron chi connectivity index (χ1n) is 14.8. The van der Waals surface area contributed by atoms with E-state index >= 15 is 0 Å². The Hall–Kier alpha value is -4.94. The van der Waals surface area contributed by atoms with Crippen molar-refractivity contribution in [1.29, 1.82) is 0 Å². The summed E-state index contributed by atoms with van der Waals surface area (Å²) in [6.07, 6.45) is 9.50. The third kappa shape index (κ3) is 5.81. The summed E-state index contributed by atoms with van der Waals surface area (Å²) in [5.74, 6) is 1.21. The van der Waals surface area contributed by atoms with Crippen LogP contribution >= 0.6 is 11.3 Å². The number of rotatable bonds is 8. The Morgan fingerprint density at radius 2 is 2.00 bits per heavy atom. The van der Waals surface area contributed by atoms with E-state index in [2.05, 4.69) is 38.9 Å². The van der Waals surface area contributed by atoms with Crippen LogP contribution in [0.25, 0.3) is 16.7 Å². The second-order valence-corrected chi connectivity index (χ2v) is 12.4. The summed E-state index contributed by atoms with van der Waals surface area (Å²) in [4.78, 5) is 35.2. The van der Waals surface area contributed by atoms with Crippen LogP contribution in [0.1, 0.15) is 35.9 Å². The molecule has 228 valence electrons. The molecule has 1 atom stereocenters. The van der Waals surface area contributed by atoms with Crippen molar-refractivity contribution in [2.45, 2.75) is 32.4 Å². The molecule has 1 fully saturated rings. The fourth-order valence-electron chi connectivity index (χ4n) is 5.78. The molecule has 1 saturated heterocycles. The fraction of sp³-hybridized carbons (Fsp3) is 0.273. The van der Waals surface area contributed by atoms with Gasteiger partial charge in [0.05, 0.1) is 29.7 Å². The van der Waals surface area contributed by atoms with Crippen molar-refractivity contribution in [3.63, 3.8) is 0 Å². The van der Waals surface area contributed by atoms with E-state index in [0.717, 1.165) is 59.1 Å². The summed E-state index contributed by atoms with van der Waals surface area (Å²) in [5, 5.41) is 11.0. The van der Waals surface area contributed by atoms with Gasteiger partial charge >= 0.3 is 0 Å². The molecule has 1 N–H and O–H groups in total. The molecule has 1 aromatic carbocycles. The molecule has 0 saturated carbocycles. The number of ether oxygens (including phenoxy) is 1. The molecule has 1 unspecified atom stereocenters. The van der Waals surface area contributed by atoms with Crippen LogP contribution in [-0.4, -0.2) is 66.2 Å². The van der Waals surface area contributed by atoms with Gasteiger partial charge in [-0.25, -0.2) is 15.0 Å². The summed E-state index contributed by atoms with van der Waals surface area (Å²) in [6.45, 7) is 8.51. The highest BCUT2D eigenvalue weighted by Crippen LogP contribution is 2.33. The number of pyridine rings is 1. The maximum atomic E-state index is 14.2. The first-order valence-corrected chi connectivity index (χ1v) is 15.7. The molecule has 7 rings (SSSR count). The SMILES string of the molecule is C=C1C(c2cnn(C)c2)=NC(c2cc3cnc(Nc4ccc(OC5CCCN(C)C5)cc4)nc3n(Cc3nccs3)c2=O)=C1C. The van der Waals surface area contributed by atoms with Gasteiger partial charge in [-0.15, -0.1) is 11.3 Å². The van der Waals surface area contributed by atoms with E-state index in [9.17, 15) is 4.79 Å². The number of nitrogens with one attached hydrogen (secondary N) is 1. The molecule has 0 spiro atoms. The quantitative estimate of drug-likeness (QED) is 0.257. The molecule has 11 nitrogen and oxygen atoms in total. The number of benzene rings is 1. The number of likely N-dealkylation sites (tertiary alicyclic amines) is 1. The number of nitrogens with zero attached hydrogens (tertiary/aromatic N) is 8. The molecular formula is C33H33N9O2S. The molecule has 0 amide bonds. The standard InChI is InChI=1S/C33H33N9O2S/c1-20-21(2)30(38-29(20)23-16-36-41(4)17-23)27-14-22-15-35-33(39-31(22)42(32(27)43)19-28-34-11-13-45-28)37-24-7-9-25(10-8-24)44-26-6-5-12-40(3)18-26/h7-11,13-17,26H,1,5-6,12,18-19H2,2-4H3,(H,35,37,39). The summed E-state index contributed by atoms with van der Waals surface area (Å²) < 4.78 is 9.57. The van der Waals surface area contributed by atoms with Crippen LogP contribution in [0.3, 0.4) is 0 Å². The van der Waals surface area contributed by atoms with E-state index in [4.69, 9.17) is 14.7 Å². The zero-order valence-corrected chi connectivity index (χ0v) is 26.2. The van der Waals surface area contributed by atoms with Crippen LogP contribution in [-0.2, 0) is 13.6 Å². The Morgan fingerprint density at radius 1 is 1.16 bits per heavy atom. The first kappa shape index (κ1) is 28.8. The molecule has 5 aromatic rings. The lowest BCUT2D eigenvalue weighted by atomic mass is 10.0. The number of hydrogen-bond donors (Lipinski definition) is 1. The summed E-state index contributed by atoms with van der Waals surface area (Å²) in [6, 6.07) is 9.61. The van der Waals surface area contributed by atoms with Crippen molar-refractivity contribution in [2.75, 3.05) is 25.5 Å². The highest BCUT2D eigenvalue weighted by atomic mass is 32.1. The van der Waals surface area contributed by atoms with E-state index in [0.29, 0.717) is 34.0 Å². The van der Waals surface area contributed by atoms with Gasteiger partial charge in [0.15, 0.2) is 0 Å². The minimum atomic E-state index is -0.212. The predicted molar refractivity (Wildman–Crippen MR) is 177 cm³/mol. The number of piperidine rings is 1. The number of fused-ring (bicyclic) bond motifs is 1. The molecule has 6 heterocycles. The number of thiazole rings is 1. The molecular weight excluding hydrogens is 586 g/mol. The molecule has 0 radical (unpaired) electrons. The van der Waals surface area contributed by atoms with E-state index in [1.54, 1.807) is 27.8 Å². The van der Waals surface area contributed by atoms with Crippen molar-refractivity contribution in [3.8, 4) is 5.75 Å². The van der Waals surface area contributed by atoms with E-state index < -0.39 is 0 Å². The minimum absolute atomic E-state index is 0.195. The zero-order chi connectivity index (χ0) is 31.1. The largest absolute Gasteiger partial charge is 0.489 e. The van der Waals surface area contributed by atoms with Crippen LogP contribution in [0.5, 0.6) is 5.75 Å². The smallest absolute Gasteiger partial charge is 0.262 e. The van der Waals surface area contributed by atoms with Gasteiger partial charge in [-0.05, 0) is 74.8 Å². The molecule has 45 heavy (non-hydrogen) atoms. The van der Waals surface area contributed by atoms with Crippen molar-refractivity contribution in [2.24, 2.45) is 12.0 Å². The average molecular weight is 620 g/mol. The third-order valence-corrected chi connectivity index (χ3v) is 8.91. The lowest BCUT2D eigenvalue weighted by molar-refractivity contribution is 0.104. The molecule has 4 aromatic heterocycles. The van der Waals surface area contributed by atoms with Gasteiger partial charge in [0.2, 0.25) is 5.95 Å². The number of hydrogen-bond acceptors (Lipinski definition) is 10. The van der Waals surface area contributed by atoms with Gasteiger partial charge in [-0.1, -0.05) is 6.58 Å². The Balaban J connectivity index is 1.22. The Morgan fingerprint density at radius 3 is 2.73 bits per heavy atom. The molecule has 2 aliphatic heterocycles. The van der Waals surface area contributed by atoms with Crippen LogP contribution in [0.2, 0.25) is 0 Å². The van der Waals surface area contributed by atoms with Crippen molar-refractivity contribution >= 4 is 45.4 Å². The van der Waals surface area contributed by atoms with Gasteiger partial charge < -0.3 is 15.0 Å². The number of aromatic nitrogens is 6. The van der Waals surface area contributed by atoms with Gasteiger partial charge in [0.1, 0.15) is 22.5 Å². The maximum Gasteiger partial charge on any atom is 0.262 e. The molecule has 2 aliphatic rings. The zero-order valence-electron chi connectivity index (χ0n) is 25.4. The number of aliphatic imine (C=N–C) groups is 1. The third-order valence-electron chi connectivity index (χ3n) is 8.15. The van der Waals surface area contributed by atoms with Gasteiger partial charge in [0.25, 0.3) is 5.56 Å². The van der Waals surface area contributed by atoms with Crippen LogP contribution in [0.4, 0.5) is 11.6 Å². The lowest BCUT2D eigenvalue weighted by Gasteiger charge is -2.30. The molecule has 0 aliphatic carbocycles. The van der Waals surface area contributed by atoms with E-state index in [-0.39, 0.29) is 18.2 Å². The minimum Gasteiger partial charge on any atom is -0.489 e. The maximum absolute atomic E-state index is 14.2. The monoisotopic (exact) mass is 619 g/mol. The van der Waals surface area contributed by atoms with Crippen molar-refractivity contribution in [1.82, 2.24) is 34.2 Å². The predicted octanol–water partition coefficient (Wildman–Crippen LogP) is 5.04. The highest BCUT2D eigenvalue weighted by Gasteiger charge is 2.26. The van der Waals surface area contributed by atoms with Gasteiger partial charge in [-0.2, -0.15) is 10.1 Å². The van der Waals surface area contributed by atoms with Crippen molar-refractivity contribution < 1.29 is 4.74 Å². The number of allylic oxidation sites excluding steroid dienone is 2. The van der Waals surface area contributed by atoms with E-state index in [1.807, 2.05) is 55.9 Å². The van der Waals surface area contributed by atoms with Crippen LogP contribution in [0, 0.1) is 0 Å². The topological polar surface area (TPSA) is 115 Å². The Labute approximate surface area is 264 Å². The normalized spacial score (nSPS) is 17.3. The second kappa shape index (κ2) is 11.9. The van der Waals surface area contributed by atoms with Crippen LogP contribution in [0.15, 0.2) is 88.0 Å². The van der Waals surface area contributed by atoms with Crippen molar-refractivity contribution in [3.05, 3.63) is 105 Å². The first-order chi connectivity index (χ1) is 21.8. The summed E-state index contributed by atoms with van der Waals surface area (Å²) in [7, 11) is 3.98. The van der Waals surface area contributed by atoms with Gasteiger partial charge in [0, 0.05) is 54.2 Å². The second-order valence-electron chi connectivity index (χ2n) is 11.5. The lowest BCUT2D eigenvalue weighted by Crippen LogP contribution is -2.38. The molecule has 0 bridgehead atoms. The summed E-state index contributed by atoms with van der Waals surface area (Å²) >= 11 is 1.49. The fourth-order valence-corrected chi connectivity index (χ4v) is 6.39. The van der Waals surface area contributed by atoms with E-state index in [1.165, 1.54) is 11.3 Å². The number of likely N-dealkylation sites (N-methyl/N-ethyl adjacent to an activating group) is 1. The number of anilines is 2. The average Bonchev–Trinajstić information content (AvgIpc) is 3.77. The highest BCUT2D eigenvalue weighted by molar-refractivity contribution is 7.09. The molecule has 12 heteroatoms.